The lowest BCUT2D eigenvalue weighted by molar-refractivity contribution is 0.104. The van der Waals surface area contributed by atoms with Crippen LogP contribution < -0.4 is 0 Å². The molecule has 0 amide bonds. The summed E-state index contributed by atoms with van der Waals surface area (Å²) in [7, 11) is -2.00. The van der Waals surface area contributed by atoms with Gasteiger partial charge in [-0.3, -0.25) is 4.98 Å². The van der Waals surface area contributed by atoms with E-state index < -0.39 is 14.4 Å². The summed E-state index contributed by atoms with van der Waals surface area (Å²) < 4.78 is 8.14. The van der Waals surface area contributed by atoms with Gasteiger partial charge < -0.3 is 9.53 Å². The van der Waals surface area contributed by atoms with Crippen molar-refractivity contribution in [1.82, 2.24) is 4.98 Å². The molecule has 1 aromatic heterocycles. The van der Waals surface area contributed by atoms with Crippen molar-refractivity contribution >= 4 is 42.5 Å². The van der Waals surface area contributed by atoms with Crippen LogP contribution in [0.15, 0.2) is 24.3 Å². The highest BCUT2D eigenvalue weighted by molar-refractivity contribution is 14.1. The van der Waals surface area contributed by atoms with Crippen LogP contribution in [0.5, 0.6) is 0 Å². The zero-order chi connectivity index (χ0) is 24.9. The predicted molar refractivity (Wildman–Crippen MR) is 150 cm³/mol. The molecule has 1 N–H and O–H groups in total. The molecule has 1 aromatic carbocycles. The molecule has 3 rings (SSSR count). The second-order valence-electron chi connectivity index (χ2n) is 12.1. The summed E-state index contributed by atoms with van der Waals surface area (Å²) in [5, 5.41) is 12.3. The van der Waals surface area contributed by atoms with Gasteiger partial charge in [0.15, 0.2) is 8.32 Å². The quantitative estimate of drug-likeness (QED) is 0.276. The van der Waals surface area contributed by atoms with Crippen molar-refractivity contribution in [3.05, 3.63) is 60.9 Å². The van der Waals surface area contributed by atoms with Gasteiger partial charge in [-0.1, -0.05) is 72.2 Å². The van der Waals surface area contributed by atoms with E-state index in [1.165, 1.54) is 5.56 Å². The minimum atomic E-state index is -2.00. The number of pyridine rings is 1. The van der Waals surface area contributed by atoms with Crippen LogP contribution in [0, 0.1) is 8.99 Å². The zero-order valence-electron chi connectivity index (χ0n) is 21.5. The van der Waals surface area contributed by atoms with Gasteiger partial charge in [0.2, 0.25) is 0 Å². The number of fused-ring (bicyclic) bond motifs is 1. The molecular weight excluding hydrogens is 561 g/mol. The first-order valence-electron chi connectivity index (χ1n) is 11.9. The molecule has 182 valence electrons. The van der Waals surface area contributed by atoms with E-state index in [-0.39, 0.29) is 22.5 Å². The highest BCUT2D eigenvalue weighted by Gasteiger charge is 2.44. The lowest BCUT2D eigenvalue weighted by Gasteiger charge is -2.44. The molecule has 1 aliphatic rings. The van der Waals surface area contributed by atoms with Gasteiger partial charge in [-0.15, -0.1) is 0 Å². The first-order valence-corrected chi connectivity index (χ1v) is 16.2. The van der Waals surface area contributed by atoms with Gasteiger partial charge >= 0.3 is 0 Å². The smallest absolute Gasteiger partial charge is 0.192 e. The number of halogens is 2. The van der Waals surface area contributed by atoms with E-state index in [9.17, 15) is 5.11 Å². The average molecular weight is 600 g/mol. The fraction of sp³-hybridized carbons (Fsp3) is 0.593. The molecule has 1 aliphatic carbocycles. The monoisotopic (exact) mass is 599 g/mol. The van der Waals surface area contributed by atoms with E-state index in [0.29, 0.717) is 5.02 Å². The normalized spacial score (nSPS) is 19.5. The van der Waals surface area contributed by atoms with E-state index in [1.807, 2.05) is 24.3 Å². The number of hydrogen-bond acceptors (Lipinski definition) is 3. The van der Waals surface area contributed by atoms with E-state index in [4.69, 9.17) is 21.0 Å². The Bertz CT molecular complexity index is 1010. The summed E-state index contributed by atoms with van der Waals surface area (Å²) in [6.45, 7) is 20.4. The van der Waals surface area contributed by atoms with Crippen LogP contribution in [-0.2, 0) is 10.8 Å². The first-order chi connectivity index (χ1) is 15.0. The van der Waals surface area contributed by atoms with Gasteiger partial charge in [0, 0.05) is 25.4 Å². The van der Waals surface area contributed by atoms with Crippen molar-refractivity contribution in [2.75, 3.05) is 0 Å². The molecule has 0 saturated carbocycles. The Morgan fingerprint density at radius 1 is 1.18 bits per heavy atom. The van der Waals surface area contributed by atoms with Gasteiger partial charge in [0.1, 0.15) is 6.10 Å². The van der Waals surface area contributed by atoms with Gasteiger partial charge in [0.25, 0.3) is 0 Å². The van der Waals surface area contributed by atoms with Crippen molar-refractivity contribution in [2.45, 2.75) is 97.6 Å². The van der Waals surface area contributed by atoms with Crippen molar-refractivity contribution in [3.63, 3.8) is 0 Å². The Balaban J connectivity index is 2.21. The third-order valence-electron chi connectivity index (χ3n) is 7.27. The molecule has 1 unspecified atom stereocenters. The van der Waals surface area contributed by atoms with Crippen molar-refractivity contribution in [1.29, 1.82) is 0 Å². The molecule has 0 aliphatic heterocycles. The largest absolute Gasteiger partial charge is 0.410 e. The lowest BCUT2D eigenvalue weighted by Crippen LogP contribution is -2.44. The molecule has 2 aromatic rings. The number of hydrogen-bond donors (Lipinski definition) is 1. The lowest BCUT2D eigenvalue weighted by atomic mass is 9.74. The summed E-state index contributed by atoms with van der Waals surface area (Å²) in [6.07, 6.45) is 1.11. The number of benzene rings is 1. The molecule has 1 heterocycles. The van der Waals surface area contributed by atoms with Gasteiger partial charge in [-0.2, -0.15) is 0 Å². The summed E-state index contributed by atoms with van der Waals surface area (Å²) >= 11 is 8.55. The minimum Gasteiger partial charge on any atom is -0.410 e. The third-order valence-corrected chi connectivity index (χ3v) is 13.2. The molecule has 2 atom stereocenters. The van der Waals surface area contributed by atoms with Gasteiger partial charge in [-0.05, 0) is 82.6 Å². The SMILES string of the molecule is CC(C)c1nc2c(c(I)c1C(O)c1ccc(Cl)cc1)[C@H](O[Si](C)(C)C(C)(C)C)CC(C)(C)C2. The Morgan fingerprint density at radius 2 is 1.76 bits per heavy atom. The predicted octanol–water partition coefficient (Wildman–Crippen LogP) is 8.58. The van der Waals surface area contributed by atoms with Gasteiger partial charge in [0.05, 0.1) is 11.8 Å². The van der Waals surface area contributed by atoms with Crippen LogP contribution in [0.1, 0.15) is 101 Å². The van der Waals surface area contributed by atoms with Crippen molar-refractivity contribution in [2.24, 2.45) is 5.41 Å². The van der Waals surface area contributed by atoms with Crippen LogP contribution in [0.2, 0.25) is 23.2 Å². The topological polar surface area (TPSA) is 42.4 Å². The van der Waals surface area contributed by atoms with Crippen LogP contribution in [-0.4, -0.2) is 18.4 Å². The summed E-state index contributed by atoms with van der Waals surface area (Å²) in [5.74, 6) is 0.200. The highest BCUT2D eigenvalue weighted by Crippen LogP contribution is 2.50. The van der Waals surface area contributed by atoms with Crippen LogP contribution >= 0.6 is 34.2 Å². The Kier molecular flexibility index (Phi) is 7.83. The highest BCUT2D eigenvalue weighted by atomic mass is 127. The van der Waals surface area contributed by atoms with E-state index in [2.05, 4.69) is 84.2 Å². The van der Waals surface area contributed by atoms with Gasteiger partial charge in [-0.25, -0.2) is 0 Å². The summed E-state index contributed by atoms with van der Waals surface area (Å²) in [4.78, 5) is 5.22. The van der Waals surface area contributed by atoms with Crippen LogP contribution in [0.4, 0.5) is 0 Å². The number of aromatic nitrogens is 1. The number of nitrogens with zero attached hydrogens (tertiary/aromatic N) is 1. The molecule has 0 fully saturated rings. The molecule has 0 spiro atoms. The third kappa shape index (κ3) is 5.69. The zero-order valence-corrected chi connectivity index (χ0v) is 25.4. The maximum Gasteiger partial charge on any atom is 0.192 e. The summed E-state index contributed by atoms with van der Waals surface area (Å²) in [6, 6.07) is 7.47. The second kappa shape index (κ2) is 9.53. The van der Waals surface area contributed by atoms with E-state index in [1.54, 1.807) is 0 Å². The molecular formula is C27H39ClINO2Si. The summed E-state index contributed by atoms with van der Waals surface area (Å²) in [5.41, 5.74) is 5.15. The molecule has 0 bridgehead atoms. The number of aliphatic hydroxyl groups excluding tert-OH is 1. The molecule has 0 radical (unpaired) electrons. The first kappa shape index (κ1) is 27.1. The fourth-order valence-corrected chi connectivity index (χ4v) is 7.01. The Morgan fingerprint density at radius 3 is 2.27 bits per heavy atom. The molecule has 6 heteroatoms. The van der Waals surface area contributed by atoms with Crippen molar-refractivity contribution in [3.8, 4) is 0 Å². The average Bonchev–Trinajstić information content (AvgIpc) is 2.65. The molecule has 33 heavy (non-hydrogen) atoms. The molecule has 0 saturated heterocycles. The molecule has 3 nitrogen and oxygen atoms in total. The Labute approximate surface area is 220 Å². The minimum absolute atomic E-state index is 0.0126. The Hall–Kier alpha value is -0.473. The van der Waals surface area contributed by atoms with E-state index in [0.717, 1.165) is 38.9 Å². The van der Waals surface area contributed by atoms with E-state index >= 15 is 0 Å². The number of aliphatic hydroxyl groups is 1. The fourth-order valence-electron chi connectivity index (χ4n) is 4.39. The number of rotatable bonds is 5. The van der Waals surface area contributed by atoms with Crippen LogP contribution in [0.25, 0.3) is 0 Å². The maximum absolute atomic E-state index is 11.5. The van der Waals surface area contributed by atoms with Crippen LogP contribution in [0.3, 0.4) is 0 Å². The second-order valence-corrected chi connectivity index (χ2v) is 18.4. The van der Waals surface area contributed by atoms with Crippen molar-refractivity contribution < 1.29 is 9.53 Å². The maximum atomic E-state index is 11.5. The standard InChI is InChI=1S/C27H39ClINO2Si/c1-16(2)24-22(25(31)17-10-12-18(28)13-11-17)23(29)21-19(30-24)14-27(6,7)15-20(21)32-33(8,9)26(3,4)5/h10-13,16,20,25,31H,14-15H2,1-9H3/t20-,25?/m1/s1.